The number of likely N-dealkylation sites (N-methyl/N-ethyl adjacent to an activating group) is 1. The molecule has 0 bridgehead atoms. The maximum absolute atomic E-state index is 13.9. The summed E-state index contributed by atoms with van der Waals surface area (Å²) in [4.78, 5) is 47.1. The predicted octanol–water partition coefficient (Wildman–Crippen LogP) is 4.32. The normalized spacial score (nSPS) is 16.5. The summed E-state index contributed by atoms with van der Waals surface area (Å²) in [5, 5.41) is 8.87. The maximum Gasteiger partial charge on any atom is 0.319 e. The highest BCUT2D eigenvalue weighted by atomic mass is 16.2. The second-order valence-electron chi connectivity index (χ2n) is 10.5. The Bertz CT molecular complexity index is 1530. The van der Waals surface area contributed by atoms with Crippen LogP contribution in [0.15, 0.2) is 114 Å². The lowest BCUT2D eigenvalue weighted by molar-refractivity contribution is -0.111. The van der Waals surface area contributed by atoms with Gasteiger partial charge in [0.15, 0.2) is 0 Å². The van der Waals surface area contributed by atoms with E-state index in [1.807, 2.05) is 79.7 Å². The molecule has 2 aliphatic heterocycles. The van der Waals surface area contributed by atoms with Gasteiger partial charge < -0.3 is 25.8 Å². The molecule has 42 heavy (non-hydrogen) atoms. The SMILES string of the molecule is C=CC(=O)Nc1ccc(C(=O)NC2=NCC3=C2CN(C(=O)N[C@H](CN(C)C)c2ccccc2)[C@@H]3c2ccccc2)cc1. The van der Waals surface area contributed by atoms with E-state index in [9.17, 15) is 14.4 Å². The number of hydrogen-bond acceptors (Lipinski definition) is 5. The predicted molar refractivity (Wildman–Crippen MR) is 164 cm³/mol. The molecule has 9 heteroatoms. The quantitative estimate of drug-likeness (QED) is 0.356. The fourth-order valence-corrected chi connectivity index (χ4v) is 5.30. The Balaban J connectivity index is 1.35. The molecule has 3 N–H and O–H groups in total. The van der Waals surface area contributed by atoms with Crippen LogP contribution in [0.3, 0.4) is 0 Å². The molecule has 0 aromatic heterocycles. The number of nitrogens with one attached hydrogen (secondary N) is 3. The third-order valence-electron chi connectivity index (χ3n) is 7.31. The van der Waals surface area contributed by atoms with Gasteiger partial charge in [0.1, 0.15) is 5.84 Å². The standard InChI is InChI=1S/C33H34N6O3/c1-4-29(40)35-25-17-15-24(16-18-25)32(41)37-31-27-20-39(30(26(27)19-34-31)23-13-9-6-10-14-23)33(42)36-28(21-38(2)3)22-11-7-5-8-12-22/h4-18,28,30H,1,19-21H2,2-3H3,(H,35,40)(H,36,42)(H,34,37,41)/t28-,30-/m1/s1. The molecule has 0 fully saturated rings. The van der Waals surface area contributed by atoms with Gasteiger partial charge in [0, 0.05) is 23.4 Å². The molecule has 0 spiro atoms. The molecule has 3 aromatic carbocycles. The van der Waals surface area contributed by atoms with Gasteiger partial charge in [0.05, 0.1) is 25.2 Å². The molecule has 2 heterocycles. The number of nitrogens with zero attached hydrogens (tertiary/aromatic N) is 3. The Morgan fingerprint density at radius 3 is 2.29 bits per heavy atom. The number of urea groups is 1. The van der Waals surface area contributed by atoms with Crippen molar-refractivity contribution < 1.29 is 14.4 Å². The molecule has 214 valence electrons. The highest BCUT2D eigenvalue weighted by Gasteiger charge is 2.41. The maximum atomic E-state index is 13.9. The largest absolute Gasteiger partial charge is 0.330 e. The van der Waals surface area contributed by atoms with Crippen LogP contribution >= 0.6 is 0 Å². The molecular formula is C33H34N6O3. The number of aliphatic imine (C=N–C) groups is 1. The molecule has 5 rings (SSSR count). The zero-order valence-corrected chi connectivity index (χ0v) is 23.7. The topological polar surface area (TPSA) is 106 Å². The van der Waals surface area contributed by atoms with Crippen LogP contribution in [0.4, 0.5) is 10.5 Å². The van der Waals surface area contributed by atoms with E-state index in [1.54, 1.807) is 24.3 Å². The lowest BCUT2D eigenvalue weighted by Crippen LogP contribution is -2.45. The molecule has 0 aliphatic carbocycles. The van der Waals surface area contributed by atoms with Crippen LogP contribution in [0.5, 0.6) is 0 Å². The van der Waals surface area contributed by atoms with Crippen LogP contribution in [0.25, 0.3) is 0 Å². The van der Waals surface area contributed by atoms with E-state index >= 15 is 0 Å². The summed E-state index contributed by atoms with van der Waals surface area (Å²) < 4.78 is 0. The van der Waals surface area contributed by atoms with Crippen molar-refractivity contribution in [2.75, 3.05) is 39.0 Å². The fourth-order valence-electron chi connectivity index (χ4n) is 5.30. The minimum Gasteiger partial charge on any atom is -0.330 e. The number of rotatable bonds is 8. The first-order valence-corrected chi connectivity index (χ1v) is 13.8. The number of amides is 4. The van der Waals surface area contributed by atoms with Crippen molar-refractivity contribution in [3.8, 4) is 0 Å². The van der Waals surface area contributed by atoms with E-state index in [-0.39, 0.29) is 29.9 Å². The zero-order valence-electron chi connectivity index (χ0n) is 23.7. The Morgan fingerprint density at radius 2 is 1.64 bits per heavy atom. The van der Waals surface area contributed by atoms with Crippen LogP contribution in [-0.2, 0) is 4.79 Å². The van der Waals surface area contributed by atoms with E-state index < -0.39 is 0 Å². The monoisotopic (exact) mass is 562 g/mol. The number of amidine groups is 1. The van der Waals surface area contributed by atoms with Crippen molar-refractivity contribution in [3.63, 3.8) is 0 Å². The summed E-state index contributed by atoms with van der Waals surface area (Å²) in [5.41, 5.74) is 4.85. The summed E-state index contributed by atoms with van der Waals surface area (Å²) in [5.74, 6) is -0.173. The number of carbonyl (C=O) groups is 3. The summed E-state index contributed by atoms with van der Waals surface area (Å²) in [6.45, 7) is 4.79. The molecule has 0 radical (unpaired) electrons. The van der Waals surface area contributed by atoms with Gasteiger partial charge in [-0.2, -0.15) is 0 Å². The number of carbonyl (C=O) groups excluding carboxylic acids is 3. The smallest absolute Gasteiger partial charge is 0.319 e. The zero-order chi connectivity index (χ0) is 29.6. The van der Waals surface area contributed by atoms with Crippen molar-refractivity contribution in [2.24, 2.45) is 4.99 Å². The van der Waals surface area contributed by atoms with Crippen LogP contribution in [0.1, 0.15) is 33.6 Å². The summed E-state index contributed by atoms with van der Waals surface area (Å²) >= 11 is 0. The van der Waals surface area contributed by atoms with Crippen LogP contribution in [0, 0.1) is 0 Å². The van der Waals surface area contributed by atoms with Crippen molar-refractivity contribution in [3.05, 3.63) is 125 Å². The average Bonchev–Trinajstić information content (AvgIpc) is 3.57. The third kappa shape index (κ3) is 6.31. The van der Waals surface area contributed by atoms with Gasteiger partial charge >= 0.3 is 6.03 Å². The van der Waals surface area contributed by atoms with Crippen molar-refractivity contribution >= 4 is 29.4 Å². The van der Waals surface area contributed by atoms with Crippen molar-refractivity contribution in [1.29, 1.82) is 0 Å². The van der Waals surface area contributed by atoms with E-state index in [0.29, 0.717) is 36.7 Å². The Labute approximate surface area is 245 Å². The second-order valence-corrected chi connectivity index (χ2v) is 10.5. The van der Waals surface area contributed by atoms with Gasteiger partial charge in [0.25, 0.3) is 5.91 Å². The average molecular weight is 563 g/mol. The van der Waals surface area contributed by atoms with E-state index in [1.165, 1.54) is 6.08 Å². The first-order valence-electron chi connectivity index (χ1n) is 13.8. The third-order valence-corrected chi connectivity index (χ3v) is 7.31. The van der Waals surface area contributed by atoms with Crippen molar-refractivity contribution in [1.82, 2.24) is 20.4 Å². The molecular weight excluding hydrogens is 528 g/mol. The summed E-state index contributed by atoms with van der Waals surface area (Å²) in [7, 11) is 3.97. The first-order chi connectivity index (χ1) is 20.3. The van der Waals surface area contributed by atoms with Gasteiger partial charge in [-0.3, -0.25) is 14.6 Å². The van der Waals surface area contributed by atoms with Gasteiger partial charge in [-0.25, -0.2) is 4.79 Å². The molecule has 9 nitrogen and oxygen atoms in total. The van der Waals surface area contributed by atoms with Crippen LogP contribution in [-0.4, -0.2) is 67.2 Å². The minimum absolute atomic E-state index is 0.184. The Hall–Kier alpha value is -5.02. The van der Waals surface area contributed by atoms with E-state index in [4.69, 9.17) is 0 Å². The first kappa shape index (κ1) is 28.5. The molecule has 0 unspecified atom stereocenters. The Kier molecular flexibility index (Phi) is 8.59. The fraction of sp³-hybridized carbons (Fsp3) is 0.212. The van der Waals surface area contributed by atoms with E-state index in [2.05, 4.69) is 32.4 Å². The molecule has 4 amide bonds. The van der Waals surface area contributed by atoms with Gasteiger partial charge in [-0.05, 0) is 61.1 Å². The minimum atomic E-state index is -0.327. The molecule has 0 saturated carbocycles. The second kappa shape index (κ2) is 12.7. The highest BCUT2D eigenvalue weighted by Crippen LogP contribution is 2.40. The summed E-state index contributed by atoms with van der Waals surface area (Å²) in [6, 6.07) is 25.7. The molecule has 3 aromatic rings. The van der Waals surface area contributed by atoms with Gasteiger partial charge in [-0.15, -0.1) is 0 Å². The number of anilines is 1. The van der Waals surface area contributed by atoms with Crippen LogP contribution < -0.4 is 16.0 Å². The van der Waals surface area contributed by atoms with Gasteiger partial charge in [-0.1, -0.05) is 67.2 Å². The molecule has 0 saturated heterocycles. The Morgan fingerprint density at radius 1 is 0.976 bits per heavy atom. The molecule has 2 atom stereocenters. The van der Waals surface area contributed by atoms with Crippen molar-refractivity contribution in [2.45, 2.75) is 12.1 Å². The highest BCUT2D eigenvalue weighted by molar-refractivity contribution is 6.14. The number of hydrogen-bond donors (Lipinski definition) is 3. The summed E-state index contributed by atoms with van der Waals surface area (Å²) in [6.07, 6.45) is 1.18. The lowest BCUT2D eigenvalue weighted by atomic mass is 9.98. The lowest BCUT2D eigenvalue weighted by Gasteiger charge is -2.31. The number of benzene rings is 3. The van der Waals surface area contributed by atoms with Crippen LogP contribution in [0.2, 0.25) is 0 Å². The molecule has 2 aliphatic rings. The van der Waals surface area contributed by atoms with E-state index in [0.717, 1.165) is 22.3 Å². The van der Waals surface area contributed by atoms with Gasteiger partial charge in [0.2, 0.25) is 5.91 Å².